The van der Waals surface area contributed by atoms with E-state index in [9.17, 15) is 9.59 Å². The van der Waals surface area contributed by atoms with Crippen LogP contribution in [0.1, 0.15) is 0 Å². The van der Waals surface area contributed by atoms with Gasteiger partial charge in [-0.25, -0.2) is 4.79 Å². The summed E-state index contributed by atoms with van der Waals surface area (Å²) in [6, 6.07) is 13.9. The first-order valence-corrected chi connectivity index (χ1v) is 9.18. The maximum absolute atomic E-state index is 12.4. The number of carbonyl (C=O) groups is 1. The molecule has 0 radical (unpaired) electrons. The number of likely N-dealkylation sites (N-methyl/N-ethyl adjacent to an activating group) is 1. The van der Waals surface area contributed by atoms with E-state index in [1.165, 1.54) is 0 Å². The highest BCUT2D eigenvalue weighted by molar-refractivity contribution is 6.30. The van der Waals surface area contributed by atoms with Gasteiger partial charge in [0.2, 0.25) is 0 Å². The lowest BCUT2D eigenvalue weighted by atomic mass is 10.1. The van der Waals surface area contributed by atoms with Crippen LogP contribution in [0.15, 0.2) is 57.7 Å². The van der Waals surface area contributed by atoms with Gasteiger partial charge in [0.25, 0.3) is 5.91 Å². The molecule has 0 aliphatic heterocycles. The van der Waals surface area contributed by atoms with E-state index in [0.717, 1.165) is 17.5 Å². The van der Waals surface area contributed by atoms with E-state index in [4.69, 9.17) is 20.8 Å². The number of nitrogens with zero attached hydrogens (tertiary/aromatic N) is 1. The molecule has 2 aromatic carbocycles. The minimum atomic E-state index is -0.451. The first-order valence-electron chi connectivity index (χ1n) is 8.80. The molecule has 1 amide bonds. The highest BCUT2D eigenvalue weighted by Gasteiger charge is 2.10. The molecule has 1 N–H and O–H groups in total. The zero-order chi connectivity index (χ0) is 20.1. The van der Waals surface area contributed by atoms with Crippen LogP contribution in [0.3, 0.4) is 0 Å². The summed E-state index contributed by atoms with van der Waals surface area (Å²) >= 11 is 5.90. The number of carbonyl (C=O) groups excluding carboxylic acids is 1. The van der Waals surface area contributed by atoms with Crippen molar-refractivity contribution in [2.75, 3.05) is 33.8 Å². The van der Waals surface area contributed by atoms with E-state index in [1.54, 1.807) is 48.5 Å². The number of rotatable bonds is 7. The fraction of sp³-hybridized carbons (Fsp3) is 0.238. The van der Waals surface area contributed by atoms with E-state index < -0.39 is 5.63 Å². The average molecular weight is 401 g/mol. The van der Waals surface area contributed by atoms with E-state index in [1.807, 2.05) is 19.0 Å². The van der Waals surface area contributed by atoms with Gasteiger partial charge in [0, 0.05) is 29.6 Å². The number of hydrogen-bond donors (Lipinski definition) is 1. The van der Waals surface area contributed by atoms with Crippen molar-refractivity contribution in [3.8, 4) is 16.9 Å². The van der Waals surface area contributed by atoms with Crippen LogP contribution in [0, 0.1) is 0 Å². The first-order chi connectivity index (χ1) is 13.4. The van der Waals surface area contributed by atoms with Crippen molar-refractivity contribution in [3.63, 3.8) is 0 Å². The third kappa shape index (κ3) is 5.12. The summed E-state index contributed by atoms with van der Waals surface area (Å²) in [6.45, 7) is 1.20. The predicted octanol–water partition coefficient (Wildman–Crippen LogP) is 3.17. The van der Waals surface area contributed by atoms with Crippen molar-refractivity contribution < 1.29 is 13.9 Å². The van der Waals surface area contributed by atoms with Crippen LogP contribution in [0.5, 0.6) is 5.75 Å². The van der Waals surface area contributed by atoms with Gasteiger partial charge in [-0.3, -0.25) is 4.79 Å². The molecule has 146 valence electrons. The van der Waals surface area contributed by atoms with Gasteiger partial charge in [0.15, 0.2) is 6.61 Å². The summed E-state index contributed by atoms with van der Waals surface area (Å²) in [7, 11) is 3.87. The van der Waals surface area contributed by atoms with Gasteiger partial charge in [-0.05, 0) is 50.0 Å². The summed E-state index contributed by atoms with van der Waals surface area (Å²) in [4.78, 5) is 26.1. The number of hydrogen-bond acceptors (Lipinski definition) is 5. The Balaban J connectivity index is 1.72. The second-order valence-electron chi connectivity index (χ2n) is 6.60. The Morgan fingerprint density at radius 1 is 1.14 bits per heavy atom. The summed E-state index contributed by atoms with van der Waals surface area (Å²) in [5, 5.41) is 4.13. The minimum Gasteiger partial charge on any atom is -0.484 e. The Hall–Kier alpha value is -2.83. The summed E-state index contributed by atoms with van der Waals surface area (Å²) in [6.07, 6.45) is 0. The molecule has 3 rings (SSSR count). The SMILES string of the molecule is CN(C)CCNC(=O)COc1ccc2cc(-c3ccc(Cl)cc3)c(=O)oc2c1. The van der Waals surface area contributed by atoms with Gasteiger partial charge >= 0.3 is 5.63 Å². The predicted molar refractivity (Wildman–Crippen MR) is 110 cm³/mol. The van der Waals surface area contributed by atoms with Gasteiger partial charge in [0.05, 0.1) is 5.56 Å². The Kier molecular flexibility index (Phi) is 6.34. The van der Waals surface area contributed by atoms with Crippen molar-refractivity contribution >= 4 is 28.5 Å². The number of benzene rings is 2. The molecule has 1 heterocycles. The largest absolute Gasteiger partial charge is 0.484 e. The molecule has 0 fully saturated rings. The maximum Gasteiger partial charge on any atom is 0.344 e. The van der Waals surface area contributed by atoms with Gasteiger partial charge in [0.1, 0.15) is 11.3 Å². The monoisotopic (exact) mass is 400 g/mol. The van der Waals surface area contributed by atoms with Crippen LogP contribution in [0.4, 0.5) is 0 Å². The highest BCUT2D eigenvalue weighted by Crippen LogP contribution is 2.25. The summed E-state index contributed by atoms with van der Waals surface area (Å²) < 4.78 is 10.9. The topological polar surface area (TPSA) is 71.8 Å². The Morgan fingerprint density at radius 3 is 2.61 bits per heavy atom. The normalized spacial score (nSPS) is 11.0. The molecule has 0 aliphatic rings. The van der Waals surface area contributed by atoms with Gasteiger partial charge in [-0.1, -0.05) is 23.7 Å². The van der Waals surface area contributed by atoms with E-state index in [-0.39, 0.29) is 12.5 Å². The second-order valence-corrected chi connectivity index (χ2v) is 7.03. The molecule has 28 heavy (non-hydrogen) atoms. The van der Waals surface area contributed by atoms with Crippen LogP contribution in [-0.4, -0.2) is 44.6 Å². The number of nitrogens with one attached hydrogen (secondary N) is 1. The Bertz CT molecular complexity index is 1030. The molecule has 0 unspecified atom stereocenters. The number of halogens is 1. The Morgan fingerprint density at radius 2 is 1.89 bits per heavy atom. The standard InChI is InChI=1S/C21H21ClN2O4/c1-24(2)10-9-23-20(25)13-27-17-8-5-15-11-18(21(26)28-19(15)12-17)14-3-6-16(22)7-4-14/h3-8,11-12H,9-10,13H2,1-2H3,(H,23,25). The van der Waals surface area contributed by atoms with Gasteiger partial charge in [-0.15, -0.1) is 0 Å². The van der Waals surface area contributed by atoms with E-state index in [0.29, 0.717) is 28.5 Å². The summed E-state index contributed by atoms with van der Waals surface area (Å²) in [5.41, 5.74) is 1.13. The fourth-order valence-electron chi connectivity index (χ4n) is 2.63. The fourth-order valence-corrected chi connectivity index (χ4v) is 2.76. The molecule has 0 saturated heterocycles. The molecule has 3 aromatic rings. The van der Waals surface area contributed by atoms with E-state index >= 15 is 0 Å². The molecule has 0 atom stereocenters. The van der Waals surface area contributed by atoms with Crippen LogP contribution < -0.4 is 15.7 Å². The quantitative estimate of drug-likeness (QED) is 0.617. The third-order valence-corrected chi connectivity index (χ3v) is 4.37. The average Bonchev–Trinajstić information content (AvgIpc) is 2.66. The molecule has 0 saturated carbocycles. The van der Waals surface area contributed by atoms with Crippen molar-refractivity contribution in [2.45, 2.75) is 0 Å². The lowest BCUT2D eigenvalue weighted by Crippen LogP contribution is -2.34. The van der Waals surface area contributed by atoms with Crippen LogP contribution in [0.25, 0.3) is 22.1 Å². The zero-order valence-electron chi connectivity index (χ0n) is 15.7. The van der Waals surface area contributed by atoms with E-state index in [2.05, 4.69) is 5.32 Å². The highest BCUT2D eigenvalue weighted by atomic mass is 35.5. The van der Waals surface area contributed by atoms with Crippen molar-refractivity contribution in [3.05, 3.63) is 64.0 Å². The minimum absolute atomic E-state index is 0.105. The zero-order valence-corrected chi connectivity index (χ0v) is 16.5. The molecular formula is C21H21ClN2O4. The second kappa shape index (κ2) is 8.91. The van der Waals surface area contributed by atoms with Crippen molar-refractivity contribution in [1.82, 2.24) is 10.2 Å². The lowest BCUT2D eigenvalue weighted by Gasteiger charge is -2.11. The molecule has 1 aromatic heterocycles. The molecular weight excluding hydrogens is 380 g/mol. The van der Waals surface area contributed by atoms with Crippen LogP contribution in [0.2, 0.25) is 5.02 Å². The number of ether oxygens (including phenoxy) is 1. The molecule has 0 bridgehead atoms. The van der Waals surface area contributed by atoms with Gasteiger partial charge in [-0.2, -0.15) is 0 Å². The maximum atomic E-state index is 12.4. The van der Waals surface area contributed by atoms with Crippen molar-refractivity contribution in [1.29, 1.82) is 0 Å². The Labute approximate surface area is 167 Å². The van der Waals surface area contributed by atoms with Crippen LogP contribution >= 0.6 is 11.6 Å². The van der Waals surface area contributed by atoms with Gasteiger partial charge < -0.3 is 19.4 Å². The number of amides is 1. The molecule has 7 heteroatoms. The third-order valence-electron chi connectivity index (χ3n) is 4.11. The van der Waals surface area contributed by atoms with Crippen LogP contribution in [-0.2, 0) is 4.79 Å². The summed E-state index contributed by atoms with van der Waals surface area (Å²) in [5.74, 6) is 0.249. The molecule has 0 aliphatic carbocycles. The smallest absolute Gasteiger partial charge is 0.344 e. The molecule has 0 spiro atoms. The lowest BCUT2D eigenvalue weighted by molar-refractivity contribution is -0.123. The number of fused-ring (bicyclic) bond motifs is 1. The first kappa shape index (κ1) is 19.9. The molecule has 6 nitrogen and oxygen atoms in total. The van der Waals surface area contributed by atoms with Crippen molar-refractivity contribution in [2.24, 2.45) is 0 Å².